The number of carbonyl (C=O) groups is 2. The first-order chi connectivity index (χ1) is 13.6. The van der Waals surface area contributed by atoms with E-state index >= 15 is 0 Å². The zero-order valence-corrected chi connectivity index (χ0v) is 17.5. The van der Waals surface area contributed by atoms with Crippen LogP contribution in [0.15, 0.2) is 54.6 Å². The molecule has 0 aliphatic carbocycles. The Morgan fingerprint density at radius 3 is 2.34 bits per heavy atom. The third-order valence-corrected chi connectivity index (χ3v) is 4.09. The van der Waals surface area contributed by atoms with Gasteiger partial charge in [-0.3, -0.25) is 0 Å². The van der Waals surface area contributed by atoms with Crippen molar-refractivity contribution in [3.05, 3.63) is 71.3 Å². The second-order valence-electron chi connectivity index (χ2n) is 8.07. The second-order valence-corrected chi connectivity index (χ2v) is 8.07. The molecule has 2 aromatic carbocycles. The minimum absolute atomic E-state index is 0.147. The lowest BCUT2D eigenvalue weighted by atomic mass is 10.0. The van der Waals surface area contributed by atoms with Gasteiger partial charge in [0.05, 0.1) is 0 Å². The molecule has 0 saturated heterocycles. The van der Waals surface area contributed by atoms with E-state index in [9.17, 15) is 9.59 Å². The van der Waals surface area contributed by atoms with Crippen molar-refractivity contribution in [2.75, 3.05) is 0 Å². The molecule has 0 heterocycles. The number of rotatable bonds is 7. The smallest absolute Gasteiger partial charge is 0.407 e. The van der Waals surface area contributed by atoms with Gasteiger partial charge < -0.3 is 20.5 Å². The summed E-state index contributed by atoms with van der Waals surface area (Å²) in [5, 5.41) is 2.82. The number of hydrogen-bond acceptors (Lipinski definition) is 5. The Bertz CT molecular complexity index is 815. The van der Waals surface area contributed by atoms with Crippen molar-refractivity contribution in [1.29, 1.82) is 0 Å². The highest BCUT2D eigenvalue weighted by atomic mass is 16.6. The van der Waals surface area contributed by atoms with E-state index in [0.29, 0.717) is 12.0 Å². The lowest BCUT2D eigenvalue weighted by molar-refractivity contribution is -0.156. The van der Waals surface area contributed by atoms with Gasteiger partial charge in [-0.05, 0) is 50.8 Å². The van der Waals surface area contributed by atoms with E-state index in [1.165, 1.54) is 0 Å². The third-order valence-electron chi connectivity index (χ3n) is 4.09. The highest BCUT2D eigenvalue weighted by molar-refractivity contribution is 5.77. The van der Waals surface area contributed by atoms with Crippen LogP contribution in [0.4, 0.5) is 4.79 Å². The number of alkyl carbamates (subject to hydrolysis) is 1. The van der Waals surface area contributed by atoms with Crippen molar-refractivity contribution >= 4 is 12.1 Å². The van der Waals surface area contributed by atoms with E-state index in [0.717, 1.165) is 11.1 Å². The van der Waals surface area contributed by atoms with Crippen molar-refractivity contribution in [2.24, 2.45) is 5.73 Å². The molecule has 6 nitrogen and oxygen atoms in total. The largest absolute Gasteiger partial charge is 0.459 e. The topological polar surface area (TPSA) is 90.7 Å². The number of esters is 1. The maximum Gasteiger partial charge on any atom is 0.407 e. The second kappa shape index (κ2) is 10.1. The monoisotopic (exact) mass is 398 g/mol. The van der Waals surface area contributed by atoms with Crippen LogP contribution in [0.2, 0.25) is 0 Å². The quantitative estimate of drug-likeness (QED) is 0.691. The Morgan fingerprint density at radius 2 is 1.69 bits per heavy atom. The number of amides is 1. The molecule has 1 amide bonds. The Kier molecular flexibility index (Phi) is 7.79. The van der Waals surface area contributed by atoms with E-state index in [2.05, 4.69) is 5.32 Å². The average molecular weight is 399 g/mol. The summed E-state index contributed by atoms with van der Waals surface area (Å²) in [5.41, 5.74) is 8.03. The van der Waals surface area contributed by atoms with Gasteiger partial charge in [0.2, 0.25) is 0 Å². The molecule has 3 N–H and O–H groups in total. The van der Waals surface area contributed by atoms with Crippen molar-refractivity contribution in [3.8, 4) is 0 Å². The van der Waals surface area contributed by atoms with Gasteiger partial charge in [0.25, 0.3) is 0 Å². The van der Waals surface area contributed by atoms with Gasteiger partial charge in [-0.2, -0.15) is 0 Å². The molecule has 6 heteroatoms. The number of carbonyl (C=O) groups excluding carboxylic acids is 2. The van der Waals surface area contributed by atoms with E-state index in [4.69, 9.17) is 15.2 Å². The molecule has 0 aliphatic heterocycles. The zero-order chi connectivity index (χ0) is 21.4. The number of nitrogens with two attached hydrogens (primary N) is 1. The van der Waals surface area contributed by atoms with Crippen LogP contribution in [0, 0.1) is 0 Å². The summed E-state index contributed by atoms with van der Waals surface area (Å²) in [4.78, 5) is 24.2. The van der Waals surface area contributed by atoms with Crippen LogP contribution in [-0.2, 0) is 27.3 Å². The molecule has 29 heavy (non-hydrogen) atoms. The zero-order valence-electron chi connectivity index (χ0n) is 17.5. The van der Waals surface area contributed by atoms with Crippen LogP contribution in [0.3, 0.4) is 0 Å². The lowest BCUT2D eigenvalue weighted by Gasteiger charge is -2.22. The van der Waals surface area contributed by atoms with E-state index in [1.54, 1.807) is 26.8 Å². The first-order valence-electron chi connectivity index (χ1n) is 9.68. The summed E-state index contributed by atoms with van der Waals surface area (Å²) in [6, 6.07) is 15.9. The van der Waals surface area contributed by atoms with E-state index in [1.807, 2.05) is 55.5 Å². The van der Waals surface area contributed by atoms with Gasteiger partial charge in [0.1, 0.15) is 18.2 Å². The number of benzene rings is 2. The third kappa shape index (κ3) is 7.95. The van der Waals surface area contributed by atoms with E-state index < -0.39 is 23.7 Å². The molecule has 2 rings (SSSR count). The molecule has 2 atom stereocenters. The van der Waals surface area contributed by atoms with Crippen LogP contribution in [0.1, 0.15) is 50.4 Å². The molecular formula is C23H30N2O4. The van der Waals surface area contributed by atoms with Crippen molar-refractivity contribution in [1.82, 2.24) is 5.32 Å². The highest BCUT2D eigenvalue weighted by Gasteiger charge is 2.23. The Labute approximate surface area is 172 Å². The summed E-state index contributed by atoms with van der Waals surface area (Å²) >= 11 is 0. The predicted octanol–water partition coefficient (Wildman–Crippen LogP) is 3.89. The molecule has 0 aromatic heterocycles. The van der Waals surface area contributed by atoms with Crippen LogP contribution in [0.5, 0.6) is 0 Å². The van der Waals surface area contributed by atoms with Crippen molar-refractivity contribution < 1.29 is 19.1 Å². The maximum absolute atomic E-state index is 12.2. The van der Waals surface area contributed by atoms with Gasteiger partial charge in [0, 0.05) is 6.04 Å². The molecule has 0 aliphatic rings. The number of ether oxygens (including phenoxy) is 2. The van der Waals surface area contributed by atoms with Crippen molar-refractivity contribution in [3.63, 3.8) is 0 Å². The van der Waals surface area contributed by atoms with Gasteiger partial charge in [-0.15, -0.1) is 0 Å². The van der Waals surface area contributed by atoms with E-state index in [-0.39, 0.29) is 12.6 Å². The predicted molar refractivity (Wildman–Crippen MR) is 112 cm³/mol. The number of nitrogens with one attached hydrogen (secondary N) is 1. The molecular weight excluding hydrogens is 368 g/mol. The van der Waals surface area contributed by atoms with Crippen LogP contribution in [-0.4, -0.2) is 23.7 Å². The standard InChI is InChI=1S/C23H30N2O4/c1-16(25-22(27)28-15-17-9-6-5-7-10-17)13-18-11-8-12-19(14-18)20(24)21(26)29-23(2,3)4/h5-12,14,16,20H,13,15,24H2,1-4H3,(H,25,27)/t16-,20?/m0/s1. The van der Waals surface area contributed by atoms with Gasteiger partial charge in [0.15, 0.2) is 0 Å². The van der Waals surface area contributed by atoms with Crippen LogP contribution >= 0.6 is 0 Å². The van der Waals surface area contributed by atoms with Gasteiger partial charge in [-0.25, -0.2) is 9.59 Å². The fraction of sp³-hybridized carbons (Fsp3) is 0.391. The Balaban J connectivity index is 1.88. The molecule has 0 fully saturated rings. The molecule has 1 unspecified atom stereocenters. The molecule has 0 bridgehead atoms. The summed E-state index contributed by atoms with van der Waals surface area (Å²) in [5.74, 6) is -0.467. The van der Waals surface area contributed by atoms with Crippen LogP contribution < -0.4 is 11.1 Å². The summed E-state index contributed by atoms with van der Waals surface area (Å²) in [6.45, 7) is 7.53. The molecule has 156 valence electrons. The summed E-state index contributed by atoms with van der Waals surface area (Å²) < 4.78 is 10.6. The Hall–Kier alpha value is -2.86. The molecule has 0 saturated carbocycles. The molecule has 0 radical (unpaired) electrons. The minimum Gasteiger partial charge on any atom is -0.459 e. The molecule has 2 aromatic rings. The fourth-order valence-corrected chi connectivity index (χ4v) is 2.79. The highest BCUT2D eigenvalue weighted by Crippen LogP contribution is 2.18. The SMILES string of the molecule is C[C@@H](Cc1cccc(C(N)C(=O)OC(C)(C)C)c1)NC(=O)OCc1ccccc1. The fourth-order valence-electron chi connectivity index (χ4n) is 2.79. The average Bonchev–Trinajstić information content (AvgIpc) is 2.65. The molecule has 0 spiro atoms. The Morgan fingerprint density at radius 1 is 1.03 bits per heavy atom. The normalized spacial score (nSPS) is 13.3. The maximum atomic E-state index is 12.2. The summed E-state index contributed by atoms with van der Waals surface area (Å²) in [7, 11) is 0. The summed E-state index contributed by atoms with van der Waals surface area (Å²) in [6.07, 6.45) is 0.109. The minimum atomic E-state index is -0.853. The first-order valence-corrected chi connectivity index (χ1v) is 9.68. The van der Waals surface area contributed by atoms with Crippen molar-refractivity contribution in [2.45, 2.75) is 58.4 Å². The van der Waals surface area contributed by atoms with Gasteiger partial charge >= 0.3 is 12.1 Å². The first kappa shape index (κ1) is 22.4. The lowest BCUT2D eigenvalue weighted by Crippen LogP contribution is -2.34. The van der Waals surface area contributed by atoms with Crippen LogP contribution in [0.25, 0.3) is 0 Å². The number of hydrogen-bond donors (Lipinski definition) is 2. The van der Waals surface area contributed by atoms with Gasteiger partial charge in [-0.1, -0.05) is 54.6 Å².